The van der Waals surface area contributed by atoms with Crippen molar-refractivity contribution in [2.75, 3.05) is 18.4 Å². The first-order chi connectivity index (χ1) is 12.1. The predicted molar refractivity (Wildman–Crippen MR) is 91.9 cm³/mol. The van der Waals surface area contributed by atoms with Crippen molar-refractivity contribution in [1.82, 2.24) is 9.88 Å². The Kier molecular flexibility index (Phi) is 3.80. The molecule has 2 aromatic carbocycles. The molecule has 126 valence electrons. The molecule has 3 aromatic rings. The summed E-state index contributed by atoms with van der Waals surface area (Å²) >= 11 is 0. The van der Waals surface area contributed by atoms with Crippen molar-refractivity contribution in [3.63, 3.8) is 0 Å². The van der Waals surface area contributed by atoms with Gasteiger partial charge in [-0.1, -0.05) is 24.3 Å². The topological polar surface area (TPSA) is 45.2 Å². The Labute approximate surface area is 143 Å². The lowest BCUT2D eigenvalue weighted by atomic mass is 10.0. The highest BCUT2D eigenvalue weighted by Gasteiger charge is 2.24. The van der Waals surface area contributed by atoms with Gasteiger partial charge in [-0.15, -0.1) is 0 Å². The number of likely N-dealkylation sites (tertiary alicyclic amines) is 1. The van der Waals surface area contributed by atoms with Crippen molar-refractivity contribution in [2.45, 2.75) is 6.42 Å². The van der Waals surface area contributed by atoms with E-state index in [-0.39, 0.29) is 11.6 Å². The van der Waals surface area contributed by atoms with Crippen LogP contribution >= 0.6 is 0 Å². The van der Waals surface area contributed by atoms with E-state index in [0.29, 0.717) is 11.4 Å². The highest BCUT2D eigenvalue weighted by Crippen LogP contribution is 2.29. The number of pyridine rings is 1. The molecule has 0 bridgehead atoms. The first kappa shape index (κ1) is 15.5. The van der Waals surface area contributed by atoms with Gasteiger partial charge in [-0.3, -0.25) is 4.79 Å². The number of amides is 1. The summed E-state index contributed by atoms with van der Waals surface area (Å²) in [5, 5.41) is 4.41. The molecule has 0 atom stereocenters. The third-order valence-corrected chi connectivity index (χ3v) is 4.29. The minimum Gasteiger partial charge on any atom is -0.340 e. The standard InChI is InChI=1S/C19H15F2N3O/c20-12-8-13(21)10-14(9-12)23-18-16-5-2-1-4-15(16)17(11-22-18)19(25)24-6-3-7-24/h1-2,4-5,8-11H,3,6-7H2,(H,22,23). The molecule has 6 heteroatoms. The molecule has 0 spiro atoms. The normalized spacial score (nSPS) is 13.6. The van der Waals surface area contributed by atoms with Crippen molar-refractivity contribution in [3.8, 4) is 0 Å². The van der Waals surface area contributed by atoms with Crippen molar-refractivity contribution in [2.24, 2.45) is 0 Å². The molecular weight excluding hydrogens is 324 g/mol. The quantitative estimate of drug-likeness (QED) is 0.781. The summed E-state index contributed by atoms with van der Waals surface area (Å²) in [6.45, 7) is 1.52. The number of fused-ring (bicyclic) bond motifs is 1. The summed E-state index contributed by atoms with van der Waals surface area (Å²) in [5.41, 5.74) is 0.795. The van der Waals surface area contributed by atoms with E-state index in [9.17, 15) is 13.6 Å². The zero-order valence-electron chi connectivity index (χ0n) is 13.3. The molecule has 0 saturated carbocycles. The fourth-order valence-corrected chi connectivity index (χ4v) is 2.92. The van der Waals surface area contributed by atoms with Gasteiger partial charge >= 0.3 is 0 Å². The maximum Gasteiger partial charge on any atom is 0.256 e. The molecule has 1 aliphatic heterocycles. The summed E-state index contributed by atoms with van der Waals surface area (Å²) < 4.78 is 26.8. The average molecular weight is 339 g/mol. The van der Waals surface area contributed by atoms with Gasteiger partial charge in [-0.05, 0) is 23.9 Å². The largest absolute Gasteiger partial charge is 0.340 e. The fraction of sp³-hybridized carbons (Fsp3) is 0.158. The monoisotopic (exact) mass is 339 g/mol. The molecular formula is C19H15F2N3O. The van der Waals surface area contributed by atoms with E-state index in [4.69, 9.17) is 0 Å². The van der Waals surface area contributed by atoms with E-state index in [1.807, 2.05) is 24.3 Å². The third-order valence-electron chi connectivity index (χ3n) is 4.29. The molecule has 1 N–H and O–H groups in total. The van der Waals surface area contributed by atoms with Crippen LogP contribution in [0.4, 0.5) is 20.3 Å². The number of carbonyl (C=O) groups excluding carboxylic acids is 1. The summed E-state index contributed by atoms with van der Waals surface area (Å²) in [7, 11) is 0. The lowest BCUT2D eigenvalue weighted by molar-refractivity contribution is 0.0653. The molecule has 1 aromatic heterocycles. The van der Waals surface area contributed by atoms with Crippen molar-refractivity contribution in [3.05, 3.63) is 65.9 Å². The summed E-state index contributed by atoms with van der Waals surface area (Å²) in [6.07, 6.45) is 2.53. The summed E-state index contributed by atoms with van der Waals surface area (Å²) in [6, 6.07) is 10.6. The van der Waals surface area contributed by atoms with Crippen LogP contribution in [0.2, 0.25) is 0 Å². The number of nitrogens with one attached hydrogen (secondary N) is 1. The Morgan fingerprint density at radius 1 is 1.04 bits per heavy atom. The summed E-state index contributed by atoms with van der Waals surface area (Å²) in [5.74, 6) is -0.938. The second-order valence-corrected chi connectivity index (χ2v) is 5.99. The SMILES string of the molecule is O=C(c1cnc(Nc2cc(F)cc(F)c2)c2ccccc12)N1CCC1. The van der Waals surface area contributed by atoms with Gasteiger partial charge in [-0.2, -0.15) is 0 Å². The van der Waals surface area contributed by atoms with E-state index >= 15 is 0 Å². The number of aromatic nitrogens is 1. The molecule has 0 radical (unpaired) electrons. The average Bonchev–Trinajstić information content (AvgIpc) is 2.52. The fourth-order valence-electron chi connectivity index (χ4n) is 2.92. The van der Waals surface area contributed by atoms with Crippen LogP contribution < -0.4 is 5.32 Å². The number of rotatable bonds is 3. The Hall–Kier alpha value is -3.02. The zero-order valence-corrected chi connectivity index (χ0v) is 13.3. The highest BCUT2D eigenvalue weighted by molar-refractivity contribution is 6.09. The number of halogens is 2. The number of nitrogens with zero attached hydrogens (tertiary/aromatic N) is 2. The van der Waals surface area contributed by atoms with Gasteiger partial charge in [0.25, 0.3) is 5.91 Å². The number of anilines is 2. The van der Waals surface area contributed by atoms with Crippen molar-refractivity contribution >= 4 is 28.2 Å². The smallest absolute Gasteiger partial charge is 0.256 e. The maximum atomic E-state index is 13.4. The Morgan fingerprint density at radius 3 is 2.36 bits per heavy atom. The number of carbonyl (C=O) groups is 1. The van der Waals surface area contributed by atoms with Gasteiger partial charge in [0.2, 0.25) is 0 Å². The van der Waals surface area contributed by atoms with Crippen LogP contribution in [0.25, 0.3) is 10.8 Å². The molecule has 1 fully saturated rings. The first-order valence-electron chi connectivity index (χ1n) is 8.02. The van der Waals surface area contributed by atoms with Crippen LogP contribution in [-0.2, 0) is 0 Å². The molecule has 0 aliphatic carbocycles. The van der Waals surface area contributed by atoms with Crippen LogP contribution in [0.15, 0.2) is 48.7 Å². The summed E-state index contributed by atoms with van der Waals surface area (Å²) in [4.78, 5) is 18.7. The van der Waals surface area contributed by atoms with Crippen molar-refractivity contribution < 1.29 is 13.6 Å². The minimum atomic E-state index is -0.670. The molecule has 25 heavy (non-hydrogen) atoms. The highest BCUT2D eigenvalue weighted by atomic mass is 19.1. The first-order valence-corrected chi connectivity index (χ1v) is 8.02. The molecule has 1 aliphatic rings. The van der Waals surface area contributed by atoms with E-state index in [1.54, 1.807) is 4.90 Å². The molecule has 1 saturated heterocycles. The Morgan fingerprint density at radius 2 is 1.72 bits per heavy atom. The van der Waals surface area contributed by atoms with Gasteiger partial charge in [0.15, 0.2) is 0 Å². The van der Waals surface area contributed by atoms with Crippen LogP contribution in [0, 0.1) is 11.6 Å². The number of benzene rings is 2. The molecule has 4 rings (SSSR count). The zero-order chi connectivity index (χ0) is 17.4. The van der Waals surface area contributed by atoms with Crippen LogP contribution in [-0.4, -0.2) is 28.9 Å². The van der Waals surface area contributed by atoms with Crippen LogP contribution in [0.5, 0.6) is 0 Å². The van der Waals surface area contributed by atoms with Gasteiger partial charge in [0, 0.05) is 36.4 Å². The second kappa shape index (κ2) is 6.12. The van der Waals surface area contributed by atoms with Crippen molar-refractivity contribution in [1.29, 1.82) is 0 Å². The van der Waals surface area contributed by atoms with Gasteiger partial charge in [-0.25, -0.2) is 13.8 Å². The van der Waals surface area contributed by atoms with Crippen LogP contribution in [0.1, 0.15) is 16.8 Å². The third kappa shape index (κ3) is 2.91. The molecule has 2 heterocycles. The Bertz CT molecular complexity index is 950. The maximum absolute atomic E-state index is 13.4. The van der Waals surface area contributed by atoms with Crippen LogP contribution in [0.3, 0.4) is 0 Å². The number of hydrogen-bond donors (Lipinski definition) is 1. The van der Waals surface area contributed by atoms with E-state index in [0.717, 1.165) is 36.3 Å². The van der Waals surface area contributed by atoms with E-state index in [1.165, 1.54) is 18.3 Å². The van der Waals surface area contributed by atoms with E-state index < -0.39 is 11.6 Å². The van der Waals surface area contributed by atoms with E-state index in [2.05, 4.69) is 10.3 Å². The molecule has 0 unspecified atom stereocenters. The lowest BCUT2D eigenvalue weighted by Gasteiger charge is -2.31. The van der Waals surface area contributed by atoms with Gasteiger partial charge < -0.3 is 10.2 Å². The number of hydrogen-bond acceptors (Lipinski definition) is 3. The van der Waals surface area contributed by atoms with Gasteiger partial charge in [0.1, 0.15) is 17.5 Å². The van der Waals surface area contributed by atoms with Gasteiger partial charge in [0.05, 0.1) is 5.56 Å². The minimum absolute atomic E-state index is 0.0432. The Balaban J connectivity index is 1.76. The molecule has 1 amide bonds. The second-order valence-electron chi connectivity index (χ2n) is 5.99. The molecule has 4 nitrogen and oxygen atoms in total. The lowest BCUT2D eigenvalue weighted by Crippen LogP contribution is -2.42. The predicted octanol–water partition coefficient (Wildman–Crippen LogP) is 4.10.